The Bertz CT molecular complexity index is 1280. The Morgan fingerprint density at radius 2 is 1.93 bits per heavy atom. The molecule has 1 aliphatic rings. The molecule has 0 fully saturated rings. The van der Waals surface area contributed by atoms with E-state index in [1.54, 1.807) is 10.9 Å². The number of carbonyl (C=O) groups excluding carboxylic acids is 1. The van der Waals surface area contributed by atoms with Gasteiger partial charge in [-0.2, -0.15) is 5.10 Å². The van der Waals surface area contributed by atoms with E-state index in [-0.39, 0.29) is 23.8 Å². The number of aromatic nitrogens is 4. The van der Waals surface area contributed by atoms with E-state index in [9.17, 15) is 9.59 Å². The number of carbonyl (C=O) groups is 1. The van der Waals surface area contributed by atoms with Gasteiger partial charge in [0, 0.05) is 41.7 Å². The van der Waals surface area contributed by atoms with E-state index in [0.717, 1.165) is 33.5 Å². The van der Waals surface area contributed by atoms with Gasteiger partial charge >= 0.3 is 0 Å². The Morgan fingerprint density at radius 1 is 1.14 bits per heavy atom. The Labute approximate surface area is 160 Å². The predicted molar refractivity (Wildman–Crippen MR) is 107 cm³/mol. The minimum atomic E-state index is -0.299. The van der Waals surface area contributed by atoms with Crippen LogP contribution in [-0.2, 0) is 11.8 Å². The van der Waals surface area contributed by atoms with E-state index in [4.69, 9.17) is 0 Å². The molecule has 1 atom stereocenters. The number of hydrogen-bond donors (Lipinski definition) is 2. The molecule has 140 valence electrons. The van der Waals surface area contributed by atoms with Gasteiger partial charge in [-0.3, -0.25) is 19.4 Å². The van der Waals surface area contributed by atoms with E-state index in [1.165, 1.54) is 0 Å². The van der Waals surface area contributed by atoms with Gasteiger partial charge in [-0.25, -0.2) is 4.68 Å². The summed E-state index contributed by atoms with van der Waals surface area (Å²) >= 11 is 0. The largest absolute Gasteiger partial charge is 0.326 e. The van der Waals surface area contributed by atoms with Crippen LogP contribution < -0.4 is 10.9 Å². The summed E-state index contributed by atoms with van der Waals surface area (Å²) in [6.45, 7) is 1.93. The van der Waals surface area contributed by atoms with E-state index in [1.807, 2.05) is 61.1 Å². The highest BCUT2D eigenvalue weighted by molar-refractivity contribution is 5.98. The molecule has 0 unspecified atom stereocenters. The fraction of sp³-hybridized carbons (Fsp3) is 0.190. The average molecular weight is 373 g/mol. The second-order valence-electron chi connectivity index (χ2n) is 7.18. The normalized spacial score (nSPS) is 16.2. The summed E-state index contributed by atoms with van der Waals surface area (Å²) in [7, 11) is 1.87. The van der Waals surface area contributed by atoms with Crippen LogP contribution in [0.1, 0.15) is 29.2 Å². The highest BCUT2D eigenvalue weighted by Gasteiger charge is 2.32. The molecule has 0 saturated carbocycles. The van der Waals surface area contributed by atoms with Crippen LogP contribution in [0.5, 0.6) is 0 Å². The second kappa shape index (κ2) is 5.95. The predicted octanol–water partition coefficient (Wildman–Crippen LogP) is 2.83. The van der Waals surface area contributed by atoms with Crippen molar-refractivity contribution in [3.8, 4) is 5.69 Å². The Kier molecular flexibility index (Phi) is 3.52. The molecule has 2 N–H and O–H groups in total. The van der Waals surface area contributed by atoms with Crippen molar-refractivity contribution in [1.82, 2.24) is 19.6 Å². The van der Waals surface area contributed by atoms with E-state index >= 15 is 0 Å². The Morgan fingerprint density at radius 3 is 2.71 bits per heavy atom. The average Bonchev–Trinajstić information content (AvgIpc) is 3.22. The van der Waals surface area contributed by atoms with Crippen molar-refractivity contribution in [2.45, 2.75) is 19.3 Å². The van der Waals surface area contributed by atoms with Gasteiger partial charge in [-0.15, -0.1) is 0 Å². The molecule has 28 heavy (non-hydrogen) atoms. The number of rotatable bonds is 2. The lowest BCUT2D eigenvalue weighted by molar-refractivity contribution is -0.116. The lowest BCUT2D eigenvalue weighted by Crippen LogP contribution is -2.28. The summed E-state index contributed by atoms with van der Waals surface area (Å²) in [6.07, 6.45) is 1.99. The molecule has 7 heteroatoms. The van der Waals surface area contributed by atoms with Crippen molar-refractivity contribution in [3.63, 3.8) is 0 Å². The SMILES string of the molecule is Cc1c([C@@H]2CC(=O)Nc3cc4[nH]ncc4cc32)c(=O)n(-c2ccccc2)n1C. The van der Waals surface area contributed by atoms with Crippen molar-refractivity contribution in [2.75, 3.05) is 5.32 Å². The molecule has 2 aromatic carbocycles. The summed E-state index contributed by atoms with van der Waals surface area (Å²) in [5, 5.41) is 10.9. The molecule has 2 aromatic heterocycles. The van der Waals surface area contributed by atoms with Gasteiger partial charge in [0.05, 0.1) is 17.4 Å². The smallest absolute Gasteiger partial charge is 0.275 e. The maximum atomic E-state index is 13.4. The lowest BCUT2D eigenvalue weighted by atomic mass is 9.84. The molecule has 3 heterocycles. The quantitative estimate of drug-likeness (QED) is 0.567. The first kappa shape index (κ1) is 16.6. The number of hydrogen-bond acceptors (Lipinski definition) is 3. The minimum absolute atomic E-state index is 0.0923. The molecule has 1 aliphatic heterocycles. The maximum absolute atomic E-state index is 13.4. The van der Waals surface area contributed by atoms with E-state index < -0.39 is 0 Å². The Balaban J connectivity index is 1.75. The highest BCUT2D eigenvalue weighted by atomic mass is 16.2. The highest BCUT2D eigenvalue weighted by Crippen LogP contribution is 2.39. The number of nitrogens with one attached hydrogen (secondary N) is 2. The summed E-state index contributed by atoms with van der Waals surface area (Å²) in [5.41, 5.74) is 4.74. The van der Waals surface area contributed by atoms with Crippen molar-refractivity contribution in [3.05, 3.63) is 75.8 Å². The molecular weight excluding hydrogens is 354 g/mol. The number of H-pyrrole nitrogens is 1. The first-order chi connectivity index (χ1) is 13.5. The zero-order valence-corrected chi connectivity index (χ0v) is 15.6. The molecule has 4 aromatic rings. The first-order valence-corrected chi connectivity index (χ1v) is 9.15. The summed E-state index contributed by atoms with van der Waals surface area (Å²) in [4.78, 5) is 25.8. The van der Waals surface area contributed by atoms with E-state index in [0.29, 0.717) is 5.56 Å². The third-order valence-corrected chi connectivity index (χ3v) is 5.60. The maximum Gasteiger partial charge on any atom is 0.275 e. The molecule has 0 radical (unpaired) electrons. The fourth-order valence-corrected chi connectivity index (χ4v) is 4.15. The van der Waals surface area contributed by atoms with Crippen LogP contribution >= 0.6 is 0 Å². The van der Waals surface area contributed by atoms with E-state index in [2.05, 4.69) is 15.5 Å². The van der Waals surface area contributed by atoms with Gasteiger partial charge in [0.1, 0.15) is 0 Å². The molecule has 0 bridgehead atoms. The molecule has 0 saturated heterocycles. The van der Waals surface area contributed by atoms with Crippen LogP contribution in [0.25, 0.3) is 16.6 Å². The monoisotopic (exact) mass is 373 g/mol. The Hall–Kier alpha value is -3.61. The van der Waals surface area contributed by atoms with Crippen molar-refractivity contribution < 1.29 is 4.79 Å². The van der Waals surface area contributed by atoms with Crippen molar-refractivity contribution in [2.24, 2.45) is 7.05 Å². The zero-order chi connectivity index (χ0) is 19.4. The summed E-state index contributed by atoms with van der Waals surface area (Å²) < 4.78 is 3.52. The van der Waals surface area contributed by atoms with Crippen molar-refractivity contribution in [1.29, 1.82) is 0 Å². The third-order valence-electron chi connectivity index (χ3n) is 5.60. The molecule has 0 aliphatic carbocycles. The number of nitrogens with zero attached hydrogens (tertiary/aromatic N) is 3. The number of amides is 1. The van der Waals surface area contributed by atoms with Crippen LogP contribution in [-0.4, -0.2) is 25.5 Å². The number of benzene rings is 2. The number of aromatic amines is 1. The summed E-state index contributed by atoms with van der Waals surface area (Å²) in [5.74, 6) is -0.392. The van der Waals surface area contributed by atoms with Crippen LogP contribution in [0.2, 0.25) is 0 Å². The van der Waals surface area contributed by atoms with Gasteiger partial charge < -0.3 is 5.32 Å². The topological polar surface area (TPSA) is 84.7 Å². The van der Waals surface area contributed by atoms with Crippen LogP contribution in [0.4, 0.5) is 5.69 Å². The van der Waals surface area contributed by atoms with Gasteiger partial charge in [0.2, 0.25) is 5.91 Å². The van der Waals surface area contributed by atoms with Crippen LogP contribution in [0.3, 0.4) is 0 Å². The van der Waals surface area contributed by atoms with Gasteiger partial charge in [0.25, 0.3) is 5.56 Å². The summed E-state index contributed by atoms with van der Waals surface area (Å²) in [6, 6.07) is 13.4. The number of anilines is 1. The second-order valence-corrected chi connectivity index (χ2v) is 7.18. The van der Waals surface area contributed by atoms with Gasteiger partial charge in [0.15, 0.2) is 0 Å². The number of fused-ring (bicyclic) bond motifs is 2. The molecule has 1 amide bonds. The van der Waals surface area contributed by atoms with Gasteiger partial charge in [-0.1, -0.05) is 18.2 Å². The van der Waals surface area contributed by atoms with Gasteiger partial charge in [-0.05, 0) is 36.8 Å². The zero-order valence-electron chi connectivity index (χ0n) is 15.6. The molecule has 0 spiro atoms. The van der Waals surface area contributed by atoms with Crippen LogP contribution in [0, 0.1) is 6.92 Å². The molecule has 5 rings (SSSR count). The fourth-order valence-electron chi connectivity index (χ4n) is 4.15. The van der Waals surface area contributed by atoms with Crippen molar-refractivity contribution >= 4 is 22.5 Å². The first-order valence-electron chi connectivity index (χ1n) is 9.15. The number of para-hydroxylation sites is 1. The standard InChI is InChI=1S/C21H19N5O2/c1-12-20(21(28)26(25(12)2)14-6-4-3-5-7-14)16-9-19(27)23-18-10-17-13(8-15(16)18)11-22-24-17/h3-8,10-11,16H,9H2,1-2H3,(H,22,24)(H,23,27)/t16-/m1/s1. The molecular formula is C21H19N5O2. The lowest BCUT2D eigenvalue weighted by Gasteiger charge is -2.25. The minimum Gasteiger partial charge on any atom is -0.326 e. The van der Waals surface area contributed by atoms with Crippen LogP contribution in [0.15, 0.2) is 53.5 Å². The third kappa shape index (κ3) is 2.32. The molecule has 7 nitrogen and oxygen atoms in total.